The number of anilines is 1. The van der Waals surface area contributed by atoms with Gasteiger partial charge in [-0.05, 0) is 30.0 Å². The molecule has 0 saturated carbocycles. The molecule has 1 aliphatic heterocycles. The first kappa shape index (κ1) is 22.7. The van der Waals surface area contributed by atoms with Gasteiger partial charge in [0.2, 0.25) is 10.0 Å². The Bertz CT molecular complexity index is 1130. The first-order chi connectivity index (χ1) is 14.1. The van der Waals surface area contributed by atoms with E-state index in [1.54, 1.807) is 18.4 Å². The van der Waals surface area contributed by atoms with Gasteiger partial charge in [0.15, 0.2) is 0 Å². The van der Waals surface area contributed by atoms with Gasteiger partial charge in [0.05, 0.1) is 21.9 Å². The number of pyridine rings is 1. The van der Waals surface area contributed by atoms with Crippen molar-refractivity contribution < 1.29 is 18.0 Å². The van der Waals surface area contributed by atoms with Gasteiger partial charge in [-0.2, -0.15) is 4.31 Å². The lowest BCUT2D eigenvalue weighted by Crippen LogP contribution is -2.42. The second-order valence-corrected chi connectivity index (χ2v) is 10.3. The van der Waals surface area contributed by atoms with E-state index >= 15 is 0 Å². The summed E-state index contributed by atoms with van der Waals surface area (Å²) in [6, 6.07) is 3.08. The number of carbonyl (C=O) groups is 2. The molecular formula is C18H18Cl2N4O4S2. The number of nitrogens with one attached hydrogen (secondary N) is 2. The summed E-state index contributed by atoms with van der Waals surface area (Å²) in [4.78, 5) is 29.9. The lowest BCUT2D eigenvalue weighted by atomic mass is 10.1. The van der Waals surface area contributed by atoms with Crippen LogP contribution in [0, 0.1) is 6.92 Å². The maximum atomic E-state index is 12.9. The van der Waals surface area contributed by atoms with Crippen LogP contribution in [0.5, 0.6) is 0 Å². The summed E-state index contributed by atoms with van der Waals surface area (Å²) in [5.41, 5.74) is 1.24. The van der Waals surface area contributed by atoms with E-state index in [4.69, 9.17) is 23.2 Å². The molecule has 160 valence electrons. The van der Waals surface area contributed by atoms with Gasteiger partial charge < -0.3 is 10.6 Å². The van der Waals surface area contributed by atoms with Crippen molar-refractivity contribution in [3.8, 4) is 0 Å². The summed E-state index contributed by atoms with van der Waals surface area (Å²) < 4.78 is 25.2. The SMILES string of the molecule is Cc1csc(C(=O)NC2=C(C(=O)Nc3ccc(Cl)cn3)CN(S(C)(=O)=O)CC2)c1Cl. The number of sulfonamides is 1. The maximum Gasteiger partial charge on any atom is 0.267 e. The van der Waals surface area contributed by atoms with Crippen LogP contribution in [-0.2, 0) is 14.8 Å². The van der Waals surface area contributed by atoms with Gasteiger partial charge in [0, 0.05) is 31.4 Å². The van der Waals surface area contributed by atoms with Crippen LogP contribution in [0.4, 0.5) is 5.82 Å². The molecule has 2 amide bonds. The number of nitrogens with zero attached hydrogens (tertiary/aromatic N) is 2. The molecule has 0 aromatic carbocycles. The minimum Gasteiger partial charge on any atom is -0.324 e. The Morgan fingerprint density at radius 1 is 1.20 bits per heavy atom. The number of aryl methyl sites for hydroxylation is 1. The average Bonchev–Trinajstić information content (AvgIpc) is 3.02. The topological polar surface area (TPSA) is 108 Å². The highest BCUT2D eigenvalue weighted by Gasteiger charge is 2.30. The smallest absolute Gasteiger partial charge is 0.267 e. The molecule has 2 aromatic rings. The van der Waals surface area contributed by atoms with Gasteiger partial charge in [-0.25, -0.2) is 13.4 Å². The zero-order valence-corrected chi connectivity index (χ0v) is 19.2. The molecule has 0 unspecified atom stereocenters. The van der Waals surface area contributed by atoms with Gasteiger partial charge in [0.1, 0.15) is 10.7 Å². The first-order valence-corrected chi connectivity index (χ1v) is 12.2. The molecule has 0 spiro atoms. The molecule has 1 aliphatic rings. The predicted octanol–water partition coefficient (Wildman–Crippen LogP) is 3.05. The Balaban J connectivity index is 1.90. The number of halogens is 2. The standard InChI is InChI=1S/C18H18Cl2N4O4S2/c1-10-9-29-16(15(10)20)18(26)22-13-5-6-24(30(2,27)28)8-12(13)17(25)23-14-4-3-11(19)7-21-14/h3-4,7,9H,5-6,8H2,1-2H3,(H,22,26)(H,21,23,25). The minimum absolute atomic E-state index is 0.126. The minimum atomic E-state index is -3.52. The maximum absolute atomic E-state index is 12.9. The second-order valence-electron chi connectivity index (χ2n) is 6.64. The molecule has 30 heavy (non-hydrogen) atoms. The molecule has 3 rings (SSSR count). The Morgan fingerprint density at radius 2 is 1.93 bits per heavy atom. The number of rotatable bonds is 5. The van der Waals surface area contributed by atoms with Crippen molar-refractivity contribution in [3.63, 3.8) is 0 Å². The number of thiophene rings is 1. The van der Waals surface area contributed by atoms with Crippen molar-refractivity contribution in [1.82, 2.24) is 14.6 Å². The molecule has 0 bridgehead atoms. The van der Waals surface area contributed by atoms with Crippen LogP contribution in [-0.4, -0.2) is 48.9 Å². The van der Waals surface area contributed by atoms with E-state index in [0.29, 0.717) is 20.6 Å². The van der Waals surface area contributed by atoms with Crippen LogP contribution in [0.2, 0.25) is 10.0 Å². The lowest BCUT2D eigenvalue weighted by Gasteiger charge is -2.28. The number of amides is 2. The van der Waals surface area contributed by atoms with Crippen LogP contribution in [0.1, 0.15) is 21.7 Å². The van der Waals surface area contributed by atoms with Gasteiger partial charge in [-0.3, -0.25) is 9.59 Å². The second kappa shape index (κ2) is 9.03. The number of hydrogen-bond donors (Lipinski definition) is 2. The van der Waals surface area contributed by atoms with Crippen molar-refractivity contribution >= 4 is 62.2 Å². The van der Waals surface area contributed by atoms with Crippen LogP contribution in [0.25, 0.3) is 0 Å². The summed E-state index contributed by atoms with van der Waals surface area (Å²) in [6.45, 7) is 1.75. The predicted molar refractivity (Wildman–Crippen MR) is 117 cm³/mol. The summed E-state index contributed by atoms with van der Waals surface area (Å²) in [5.74, 6) is -0.770. The monoisotopic (exact) mass is 488 g/mol. The van der Waals surface area contributed by atoms with E-state index in [9.17, 15) is 18.0 Å². The zero-order chi connectivity index (χ0) is 22.1. The Hall–Kier alpha value is -1.98. The fraction of sp³-hybridized carbons (Fsp3) is 0.278. The molecule has 0 radical (unpaired) electrons. The molecule has 2 aromatic heterocycles. The Labute approximate surface area is 187 Å². The van der Waals surface area contributed by atoms with E-state index in [1.807, 2.05) is 0 Å². The van der Waals surface area contributed by atoms with E-state index in [-0.39, 0.29) is 30.9 Å². The van der Waals surface area contributed by atoms with Crippen molar-refractivity contribution in [2.75, 3.05) is 24.7 Å². The van der Waals surface area contributed by atoms with Gasteiger partial charge in [-0.15, -0.1) is 11.3 Å². The quantitative estimate of drug-likeness (QED) is 0.671. The molecule has 8 nitrogen and oxygen atoms in total. The van der Waals surface area contributed by atoms with Crippen LogP contribution >= 0.6 is 34.5 Å². The van der Waals surface area contributed by atoms with E-state index in [0.717, 1.165) is 11.8 Å². The number of carbonyl (C=O) groups excluding carboxylic acids is 2. The largest absolute Gasteiger partial charge is 0.324 e. The molecule has 0 aliphatic carbocycles. The van der Waals surface area contributed by atoms with Crippen LogP contribution in [0.3, 0.4) is 0 Å². The van der Waals surface area contributed by atoms with Gasteiger partial charge in [-0.1, -0.05) is 23.2 Å². The third kappa shape index (κ3) is 5.19. The normalized spacial score (nSPS) is 15.2. The first-order valence-electron chi connectivity index (χ1n) is 8.71. The fourth-order valence-corrected chi connectivity index (χ4v) is 4.86. The highest BCUT2D eigenvalue weighted by molar-refractivity contribution is 7.88. The molecule has 12 heteroatoms. The Morgan fingerprint density at radius 3 is 2.50 bits per heavy atom. The summed E-state index contributed by atoms with van der Waals surface area (Å²) in [7, 11) is -3.52. The van der Waals surface area contributed by atoms with E-state index < -0.39 is 21.8 Å². The lowest BCUT2D eigenvalue weighted by molar-refractivity contribution is -0.113. The van der Waals surface area contributed by atoms with E-state index in [1.165, 1.54) is 27.9 Å². The summed E-state index contributed by atoms with van der Waals surface area (Å²) in [6.07, 6.45) is 2.61. The van der Waals surface area contributed by atoms with Crippen LogP contribution < -0.4 is 10.6 Å². The summed E-state index contributed by atoms with van der Waals surface area (Å²) in [5, 5.41) is 7.85. The molecule has 3 heterocycles. The third-order valence-electron chi connectivity index (χ3n) is 4.39. The zero-order valence-electron chi connectivity index (χ0n) is 16.0. The average molecular weight is 489 g/mol. The fourth-order valence-electron chi connectivity index (χ4n) is 2.79. The highest BCUT2D eigenvalue weighted by Crippen LogP contribution is 2.28. The van der Waals surface area contributed by atoms with Crippen molar-refractivity contribution in [3.05, 3.63) is 55.5 Å². The van der Waals surface area contributed by atoms with Gasteiger partial charge >= 0.3 is 0 Å². The molecule has 2 N–H and O–H groups in total. The summed E-state index contributed by atoms with van der Waals surface area (Å²) >= 11 is 13.2. The molecular weight excluding hydrogens is 471 g/mol. The highest BCUT2D eigenvalue weighted by atomic mass is 35.5. The molecule has 0 atom stereocenters. The molecule has 0 saturated heterocycles. The molecule has 0 fully saturated rings. The van der Waals surface area contributed by atoms with Crippen molar-refractivity contribution in [2.45, 2.75) is 13.3 Å². The Kier molecular flexibility index (Phi) is 6.83. The van der Waals surface area contributed by atoms with E-state index in [2.05, 4.69) is 15.6 Å². The number of aromatic nitrogens is 1. The third-order valence-corrected chi connectivity index (χ3v) is 7.56. The van der Waals surface area contributed by atoms with Crippen molar-refractivity contribution in [2.24, 2.45) is 0 Å². The number of hydrogen-bond acceptors (Lipinski definition) is 6. The van der Waals surface area contributed by atoms with Crippen molar-refractivity contribution in [1.29, 1.82) is 0 Å². The van der Waals surface area contributed by atoms with Crippen LogP contribution in [0.15, 0.2) is 35.0 Å². The van der Waals surface area contributed by atoms with Gasteiger partial charge in [0.25, 0.3) is 11.8 Å².